The van der Waals surface area contributed by atoms with Crippen molar-refractivity contribution in [2.24, 2.45) is 5.73 Å². The summed E-state index contributed by atoms with van der Waals surface area (Å²) in [7, 11) is 0. The van der Waals surface area contributed by atoms with E-state index in [4.69, 9.17) is 5.73 Å². The highest BCUT2D eigenvalue weighted by atomic mass is 19.1. The Balaban J connectivity index is 2.06. The molecule has 0 spiro atoms. The largest absolute Gasteiger partial charge is 0.390 e. The Labute approximate surface area is 114 Å². The lowest BCUT2D eigenvalue weighted by molar-refractivity contribution is 0.0444. The molecule has 1 aliphatic rings. The quantitative estimate of drug-likeness (QED) is 0.880. The van der Waals surface area contributed by atoms with Gasteiger partial charge in [-0.25, -0.2) is 4.39 Å². The molecule has 1 aromatic carbocycles. The van der Waals surface area contributed by atoms with Crippen LogP contribution in [0.3, 0.4) is 0 Å². The van der Waals surface area contributed by atoms with E-state index in [9.17, 15) is 9.50 Å². The average molecular weight is 266 g/mol. The van der Waals surface area contributed by atoms with Gasteiger partial charge in [-0.3, -0.25) is 4.90 Å². The summed E-state index contributed by atoms with van der Waals surface area (Å²) in [6.07, 6.45) is 2.57. The Morgan fingerprint density at radius 1 is 1.32 bits per heavy atom. The summed E-state index contributed by atoms with van der Waals surface area (Å²) in [5, 5.41) is 10.1. The molecule has 1 fully saturated rings. The molecule has 2 rings (SSSR count). The molecule has 0 amide bonds. The molecule has 1 heterocycles. The second-order valence-electron chi connectivity index (χ2n) is 5.74. The Kier molecular flexibility index (Phi) is 4.55. The number of aliphatic hydroxyl groups is 1. The minimum absolute atomic E-state index is 0.214. The van der Waals surface area contributed by atoms with Gasteiger partial charge in [-0.05, 0) is 56.0 Å². The van der Waals surface area contributed by atoms with E-state index in [2.05, 4.69) is 4.90 Å². The first-order valence-corrected chi connectivity index (χ1v) is 6.92. The van der Waals surface area contributed by atoms with Gasteiger partial charge in [0.25, 0.3) is 0 Å². The van der Waals surface area contributed by atoms with E-state index in [1.54, 1.807) is 12.1 Å². The average Bonchev–Trinajstić information content (AvgIpc) is 2.51. The highest BCUT2D eigenvalue weighted by Crippen LogP contribution is 2.23. The fourth-order valence-electron chi connectivity index (χ4n) is 2.66. The van der Waals surface area contributed by atoms with Crippen LogP contribution in [0.1, 0.15) is 37.3 Å². The Morgan fingerprint density at radius 3 is 2.84 bits per heavy atom. The van der Waals surface area contributed by atoms with E-state index in [0.29, 0.717) is 13.1 Å². The molecule has 1 aromatic rings. The summed E-state index contributed by atoms with van der Waals surface area (Å²) in [5.41, 5.74) is 7.10. The van der Waals surface area contributed by atoms with Crippen molar-refractivity contribution in [2.75, 3.05) is 13.1 Å². The van der Waals surface area contributed by atoms with Crippen LogP contribution in [0.2, 0.25) is 0 Å². The van der Waals surface area contributed by atoms with Crippen LogP contribution < -0.4 is 5.73 Å². The van der Waals surface area contributed by atoms with E-state index >= 15 is 0 Å². The normalized spacial score (nSPS) is 25.3. The number of benzene rings is 1. The second kappa shape index (κ2) is 5.99. The van der Waals surface area contributed by atoms with Crippen molar-refractivity contribution in [3.8, 4) is 0 Å². The standard InChI is InChI=1S/C15H23FN2O/c1-15(19)5-2-7-18(8-6-15)11-13-9-14(16)4-3-12(13)10-17/h3-4,9,19H,2,5-8,10-11,17H2,1H3. The molecule has 0 bridgehead atoms. The summed E-state index contributed by atoms with van der Waals surface area (Å²) >= 11 is 0. The third kappa shape index (κ3) is 4.00. The third-order valence-corrected chi connectivity index (χ3v) is 3.94. The van der Waals surface area contributed by atoms with Gasteiger partial charge in [0, 0.05) is 19.6 Å². The summed E-state index contributed by atoms with van der Waals surface area (Å²) in [6, 6.07) is 4.79. The van der Waals surface area contributed by atoms with Gasteiger partial charge in [-0.2, -0.15) is 0 Å². The second-order valence-corrected chi connectivity index (χ2v) is 5.74. The van der Waals surface area contributed by atoms with E-state index in [-0.39, 0.29) is 5.82 Å². The molecule has 1 atom stereocenters. The summed E-state index contributed by atoms with van der Waals surface area (Å²) < 4.78 is 13.3. The number of nitrogens with two attached hydrogens (primary N) is 1. The molecular weight excluding hydrogens is 243 g/mol. The van der Waals surface area contributed by atoms with Gasteiger partial charge >= 0.3 is 0 Å². The predicted octanol–water partition coefficient (Wildman–Crippen LogP) is 2.02. The molecule has 3 nitrogen and oxygen atoms in total. The van der Waals surface area contributed by atoms with Gasteiger partial charge in [-0.15, -0.1) is 0 Å². The Morgan fingerprint density at radius 2 is 2.11 bits per heavy atom. The Bertz CT molecular complexity index is 434. The van der Waals surface area contributed by atoms with Crippen molar-refractivity contribution in [1.29, 1.82) is 0 Å². The predicted molar refractivity (Wildman–Crippen MR) is 74.0 cm³/mol. The smallest absolute Gasteiger partial charge is 0.123 e. The van der Waals surface area contributed by atoms with Crippen LogP contribution in [-0.2, 0) is 13.1 Å². The van der Waals surface area contributed by atoms with Crippen LogP contribution >= 0.6 is 0 Å². The van der Waals surface area contributed by atoms with Crippen molar-refractivity contribution in [1.82, 2.24) is 4.90 Å². The molecule has 0 aliphatic carbocycles. The molecule has 0 aromatic heterocycles. The van der Waals surface area contributed by atoms with E-state index < -0.39 is 5.60 Å². The van der Waals surface area contributed by atoms with Crippen molar-refractivity contribution in [2.45, 2.75) is 44.9 Å². The van der Waals surface area contributed by atoms with Gasteiger partial charge in [0.1, 0.15) is 5.82 Å². The van der Waals surface area contributed by atoms with Gasteiger partial charge < -0.3 is 10.8 Å². The van der Waals surface area contributed by atoms with Crippen molar-refractivity contribution in [3.05, 3.63) is 35.1 Å². The first-order chi connectivity index (χ1) is 9.00. The lowest BCUT2D eigenvalue weighted by atomic mass is 9.98. The molecule has 1 unspecified atom stereocenters. The lowest BCUT2D eigenvalue weighted by Crippen LogP contribution is -2.28. The number of rotatable bonds is 3. The first-order valence-electron chi connectivity index (χ1n) is 6.92. The molecule has 1 saturated heterocycles. The maximum atomic E-state index is 13.3. The van der Waals surface area contributed by atoms with Crippen LogP contribution in [0.5, 0.6) is 0 Å². The van der Waals surface area contributed by atoms with Crippen LogP contribution in [0.25, 0.3) is 0 Å². The summed E-state index contributed by atoms with van der Waals surface area (Å²) in [4.78, 5) is 2.27. The van der Waals surface area contributed by atoms with E-state index in [0.717, 1.165) is 43.5 Å². The summed E-state index contributed by atoms with van der Waals surface area (Å²) in [5.74, 6) is -0.214. The number of hydrogen-bond donors (Lipinski definition) is 2. The van der Waals surface area contributed by atoms with Crippen molar-refractivity contribution >= 4 is 0 Å². The SMILES string of the molecule is CC1(O)CCCN(Cc2cc(F)ccc2CN)CC1. The third-order valence-electron chi connectivity index (χ3n) is 3.94. The molecule has 19 heavy (non-hydrogen) atoms. The van der Waals surface area contributed by atoms with Gasteiger partial charge in [-0.1, -0.05) is 6.07 Å². The van der Waals surface area contributed by atoms with E-state index in [1.165, 1.54) is 6.07 Å². The molecule has 3 N–H and O–H groups in total. The summed E-state index contributed by atoms with van der Waals surface area (Å²) in [6.45, 7) is 4.82. The lowest BCUT2D eigenvalue weighted by Gasteiger charge is -2.23. The van der Waals surface area contributed by atoms with Crippen molar-refractivity contribution in [3.63, 3.8) is 0 Å². The van der Waals surface area contributed by atoms with Gasteiger partial charge in [0.05, 0.1) is 5.60 Å². The minimum atomic E-state index is -0.562. The number of likely N-dealkylation sites (tertiary alicyclic amines) is 1. The molecule has 106 valence electrons. The minimum Gasteiger partial charge on any atom is -0.390 e. The molecule has 4 heteroatoms. The topological polar surface area (TPSA) is 49.5 Å². The zero-order valence-corrected chi connectivity index (χ0v) is 11.5. The maximum absolute atomic E-state index is 13.3. The van der Waals surface area contributed by atoms with Gasteiger partial charge in [0.15, 0.2) is 0 Å². The van der Waals surface area contributed by atoms with Crippen LogP contribution in [0.4, 0.5) is 4.39 Å². The Hall–Kier alpha value is -0.970. The highest BCUT2D eigenvalue weighted by Gasteiger charge is 2.25. The first kappa shape index (κ1) is 14.4. The number of hydrogen-bond acceptors (Lipinski definition) is 3. The number of halogens is 1. The monoisotopic (exact) mass is 266 g/mol. The maximum Gasteiger partial charge on any atom is 0.123 e. The van der Waals surface area contributed by atoms with Gasteiger partial charge in [0.2, 0.25) is 0 Å². The molecule has 0 radical (unpaired) electrons. The fraction of sp³-hybridized carbons (Fsp3) is 0.600. The van der Waals surface area contributed by atoms with Crippen LogP contribution in [-0.4, -0.2) is 28.7 Å². The van der Waals surface area contributed by atoms with Crippen LogP contribution in [0.15, 0.2) is 18.2 Å². The molecule has 0 saturated carbocycles. The molecule has 1 aliphatic heterocycles. The zero-order valence-electron chi connectivity index (χ0n) is 11.5. The zero-order chi connectivity index (χ0) is 13.9. The molecular formula is C15H23FN2O. The number of nitrogens with zero attached hydrogens (tertiary/aromatic N) is 1. The highest BCUT2D eigenvalue weighted by molar-refractivity contribution is 5.27. The van der Waals surface area contributed by atoms with Crippen LogP contribution in [0, 0.1) is 5.82 Å². The fourth-order valence-corrected chi connectivity index (χ4v) is 2.66. The van der Waals surface area contributed by atoms with Crippen molar-refractivity contribution < 1.29 is 9.50 Å². The van der Waals surface area contributed by atoms with E-state index in [1.807, 2.05) is 6.92 Å².